The molecule has 0 fully saturated rings. The fourth-order valence-corrected chi connectivity index (χ4v) is 4.91. The van der Waals surface area contributed by atoms with E-state index in [1.807, 2.05) is 32.0 Å². The summed E-state index contributed by atoms with van der Waals surface area (Å²) in [6.45, 7) is 3.91. The van der Waals surface area contributed by atoms with E-state index in [0.717, 1.165) is 33.8 Å². The Bertz CT molecular complexity index is 812. The molecule has 1 aliphatic rings. The maximum atomic E-state index is 11.9. The Hall–Kier alpha value is -1.60. The van der Waals surface area contributed by atoms with Gasteiger partial charge in [0.05, 0.1) is 17.6 Å². The molecule has 3 rings (SSSR count). The number of nitrogens with zero attached hydrogens (tertiary/aromatic N) is 2. The van der Waals surface area contributed by atoms with E-state index in [1.165, 1.54) is 21.9 Å². The molecule has 1 aromatic carbocycles. The lowest BCUT2D eigenvalue weighted by Crippen LogP contribution is -2.34. The van der Waals surface area contributed by atoms with E-state index in [4.69, 9.17) is 5.73 Å². The number of sulfonamides is 1. The Balaban J connectivity index is 2.09. The highest BCUT2D eigenvalue weighted by molar-refractivity contribution is 7.92. The number of nitrogen functional groups attached to an aromatic ring is 1. The van der Waals surface area contributed by atoms with Crippen LogP contribution in [0.5, 0.6) is 0 Å². The molecule has 5 nitrogen and oxygen atoms in total. The third-order valence-electron chi connectivity index (χ3n) is 3.68. The summed E-state index contributed by atoms with van der Waals surface area (Å²) in [6.07, 6.45) is 1.96. The molecule has 7 heteroatoms. The molecule has 112 valence electrons. The van der Waals surface area contributed by atoms with Crippen LogP contribution >= 0.6 is 11.3 Å². The van der Waals surface area contributed by atoms with Crippen LogP contribution in [0.3, 0.4) is 0 Å². The molecule has 1 aromatic heterocycles. The van der Waals surface area contributed by atoms with E-state index in [1.54, 1.807) is 0 Å². The van der Waals surface area contributed by atoms with Crippen LogP contribution in [-0.4, -0.2) is 25.7 Å². The second-order valence-electron chi connectivity index (χ2n) is 5.41. The predicted octanol–water partition coefficient (Wildman–Crippen LogP) is 2.41. The number of aryl methyl sites for hydroxylation is 1. The molecule has 0 unspecified atom stereocenters. The van der Waals surface area contributed by atoms with Gasteiger partial charge in [-0.3, -0.25) is 4.31 Å². The molecule has 1 aliphatic heterocycles. The van der Waals surface area contributed by atoms with E-state index in [0.29, 0.717) is 5.13 Å². The van der Waals surface area contributed by atoms with Gasteiger partial charge in [-0.15, -0.1) is 11.3 Å². The number of anilines is 2. The molecule has 1 atom stereocenters. The number of thiazole rings is 1. The van der Waals surface area contributed by atoms with Crippen molar-refractivity contribution in [2.24, 2.45) is 0 Å². The molecule has 0 radical (unpaired) electrons. The van der Waals surface area contributed by atoms with Crippen LogP contribution in [0.1, 0.15) is 17.4 Å². The average molecular weight is 323 g/mol. The van der Waals surface area contributed by atoms with Crippen LogP contribution < -0.4 is 10.0 Å². The Kier molecular flexibility index (Phi) is 3.22. The minimum Gasteiger partial charge on any atom is -0.375 e. The second-order valence-corrected chi connectivity index (χ2v) is 8.51. The lowest BCUT2D eigenvalue weighted by molar-refractivity contribution is 0.590. The third-order valence-corrected chi connectivity index (χ3v) is 5.75. The minimum absolute atomic E-state index is 0.0492. The normalized spacial score (nSPS) is 18.0. The van der Waals surface area contributed by atoms with Crippen molar-refractivity contribution in [3.8, 4) is 11.3 Å². The third kappa shape index (κ3) is 2.40. The standard InChI is InChI=1S/C14H17N3O2S2/c1-8-6-11-7-10(13-9(2)20-14(15)16-13)4-5-12(11)17(8)21(3,18)19/h4-5,7-8H,6H2,1-3H3,(H2,15,16)/t8-/m0/s1. The average Bonchev–Trinajstić information content (AvgIpc) is 2.86. The van der Waals surface area contributed by atoms with Gasteiger partial charge >= 0.3 is 0 Å². The van der Waals surface area contributed by atoms with Gasteiger partial charge in [-0.05, 0) is 38.0 Å². The quantitative estimate of drug-likeness (QED) is 0.921. The Morgan fingerprint density at radius 2 is 2.14 bits per heavy atom. The van der Waals surface area contributed by atoms with Crippen LogP contribution in [-0.2, 0) is 16.4 Å². The van der Waals surface area contributed by atoms with Gasteiger partial charge in [0, 0.05) is 16.5 Å². The van der Waals surface area contributed by atoms with Gasteiger partial charge in [0.2, 0.25) is 10.0 Å². The van der Waals surface area contributed by atoms with Gasteiger partial charge in [0.15, 0.2) is 5.13 Å². The monoisotopic (exact) mass is 323 g/mol. The molecule has 2 heterocycles. The van der Waals surface area contributed by atoms with Gasteiger partial charge in [0.25, 0.3) is 0 Å². The summed E-state index contributed by atoms with van der Waals surface area (Å²) < 4.78 is 25.3. The van der Waals surface area contributed by atoms with Gasteiger partial charge < -0.3 is 5.73 Å². The van der Waals surface area contributed by atoms with E-state index in [2.05, 4.69) is 4.98 Å². The van der Waals surface area contributed by atoms with E-state index in [-0.39, 0.29) is 6.04 Å². The van der Waals surface area contributed by atoms with Crippen molar-refractivity contribution in [3.63, 3.8) is 0 Å². The first-order chi connectivity index (χ1) is 9.77. The number of nitrogens with two attached hydrogens (primary N) is 1. The van der Waals surface area contributed by atoms with Crippen molar-refractivity contribution in [3.05, 3.63) is 28.6 Å². The van der Waals surface area contributed by atoms with Crippen molar-refractivity contribution in [1.82, 2.24) is 4.98 Å². The smallest absolute Gasteiger partial charge is 0.232 e. The summed E-state index contributed by atoms with van der Waals surface area (Å²) in [5, 5.41) is 0.550. The minimum atomic E-state index is -3.25. The van der Waals surface area contributed by atoms with Gasteiger partial charge in [-0.2, -0.15) is 0 Å². The van der Waals surface area contributed by atoms with Crippen molar-refractivity contribution in [1.29, 1.82) is 0 Å². The van der Waals surface area contributed by atoms with E-state index >= 15 is 0 Å². The van der Waals surface area contributed by atoms with Crippen LogP contribution in [0.25, 0.3) is 11.3 Å². The molecule has 0 bridgehead atoms. The number of benzene rings is 1. The number of hydrogen-bond acceptors (Lipinski definition) is 5. The summed E-state index contributed by atoms with van der Waals surface area (Å²) in [7, 11) is -3.25. The van der Waals surface area contributed by atoms with E-state index < -0.39 is 10.0 Å². The maximum absolute atomic E-state index is 11.9. The van der Waals surface area contributed by atoms with Crippen LogP contribution in [0, 0.1) is 6.92 Å². The first-order valence-corrected chi connectivity index (χ1v) is 9.29. The predicted molar refractivity (Wildman–Crippen MR) is 87.2 cm³/mol. The number of hydrogen-bond donors (Lipinski definition) is 1. The zero-order valence-electron chi connectivity index (χ0n) is 12.1. The van der Waals surface area contributed by atoms with Crippen molar-refractivity contribution in [2.45, 2.75) is 26.3 Å². The molecule has 0 spiro atoms. The highest BCUT2D eigenvalue weighted by atomic mass is 32.2. The zero-order valence-corrected chi connectivity index (χ0v) is 13.8. The van der Waals surface area contributed by atoms with Crippen molar-refractivity contribution in [2.75, 3.05) is 16.3 Å². The summed E-state index contributed by atoms with van der Waals surface area (Å²) in [6, 6.07) is 5.76. The Morgan fingerprint density at radius 1 is 1.43 bits per heavy atom. The summed E-state index contributed by atoms with van der Waals surface area (Å²) in [5.41, 5.74) is 9.43. The SMILES string of the molecule is Cc1sc(N)nc1-c1ccc2c(c1)C[C@H](C)N2S(C)(=O)=O. The maximum Gasteiger partial charge on any atom is 0.232 e. The van der Waals surface area contributed by atoms with Gasteiger partial charge in [0.1, 0.15) is 0 Å². The van der Waals surface area contributed by atoms with Gasteiger partial charge in [-0.25, -0.2) is 13.4 Å². The first-order valence-electron chi connectivity index (χ1n) is 6.63. The lowest BCUT2D eigenvalue weighted by atomic mass is 10.0. The summed E-state index contributed by atoms with van der Waals surface area (Å²) >= 11 is 1.46. The molecule has 0 aliphatic carbocycles. The molecular weight excluding hydrogens is 306 g/mol. The fraction of sp³-hybridized carbons (Fsp3) is 0.357. The molecule has 2 aromatic rings. The van der Waals surface area contributed by atoms with Gasteiger partial charge in [-0.1, -0.05) is 6.07 Å². The summed E-state index contributed by atoms with van der Waals surface area (Å²) in [4.78, 5) is 5.43. The fourth-order valence-electron chi connectivity index (χ4n) is 2.94. The second kappa shape index (κ2) is 4.71. The number of rotatable bonds is 2. The molecule has 21 heavy (non-hydrogen) atoms. The summed E-state index contributed by atoms with van der Waals surface area (Å²) in [5.74, 6) is 0. The molecule has 0 saturated heterocycles. The molecule has 0 amide bonds. The number of aromatic nitrogens is 1. The topological polar surface area (TPSA) is 76.3 Å². The first kappa shape index (κ1) is 14.3. The Labute approximate surface area is 128 Å². The van der Waals surface area contributed by atoms with Crippen LogP contribution in [0.15, 0.2) is 18.2 Å². The van der Waals surface area contributed by atoms with Crippen LogP contribution in [0.4, 0.5) is 10.8 Å². The van der Waals surface area contributed by atoms with Crippen molar-refractivity contribution >= 4 is 32.2 Å². The van der Waals surface area contributed by atoms with Crippen molar-refractivity contribution < 1.29 is 8.42 Å². The number of fused-ring (bicyclic) bond motifs is 1. The zero-order chi connectivity index (χ0) is 15.4. The highest BCUT2D eigenvalue weighted by Gasteiger charge is 2.32. The van der Waals surface area contributed by atoms with E-state index in [9.17, 15) is 8.42 Å². The Morgan fingerprint density at radius 3 is 2.71 bits per heavy atom. The molecular formula is C14H17N3O2S2. The molecule has 0 saturated carbocycles. The van der Waals surface area contributed by atoms with Crippen LogP contribution in [0.2, 0.25) is 0 Å². The largest absolute Gasteiger partial charge is 0.375 e. The molecule has 2 N–H and O–H groups in total. The lowest BCUT2D eigenvalue weighted by Gasteiger charge is -2.21. The highest BCUT2D eigenvalue weighted by Crippen LogP contribution is 2.38.